The Bertz CT molecular complexity index is 168. The second-order valence-electron chi connectivity index (χ2n) is 2.24. The van der Waals surface area contributed by atoms with E-state index in [0.29, 0.717) is 0 Å². The largest absolute Gasteiger partial charge is 0.410 e. The van der Waals surface area contributed by atoms with Crippen LogP contribution in [-0.4, -0.2) is 28.5 Å². The number of oxime groups is 1. The minimum absolute atomic E-state index is 0.0615. The molecule has 0 bridgehead atoms. The van der Waals surface area contributed by atoms with E-state index in [4.69, 9.17) is 5.21 Å². The van der Waals surface area contributed by atoms with Gasteiger partial charge >= 0.3 is 0 Å². The fourth-order valence-electron chi connectivity index (χ4n) is 0.503. The van der Waals surface area contributed by atoms with Gasteiger partial charge in [-0.2, -0.15) is 0 Å². The number of thioether (sulfide) groups is 1. The Kier molecular flexibility index (Phi) is 4.69. The monoisotopic (exact) mass is 176 g/mol. The third-order valence-electron chi connectivity index (χ3n) is 0.898. The summed E-state index contributed by atoms with van der Waals surface area (Å²) in [6, 6.07) is 0.0615. The van der Waals surface area contributed by atoms with E-state index in [1.807, 2.05) is 13.8 Å². The van der Waals surface area contributed by atoms with E-state index in [0.717, 1.165) is 11.8 Å². The lowest BCUT2D eigenvalue weighted by atomic mass is 10.4. The summed E-state index contributed by atoms with van der Waals surface area (Å²) in [7, 11) is 0. The third-order valence-corrected chi connectivity index (χ3v) is 1.55. The van der Waals surface area contributed by atoms with Gasteiger partial charge in [-0.05, 0) is 20.1 Å². The summed E-state index contributed by atoms with van der Waals surface area (Å²) in [5.74, 6) is -0.338. The maximum Gasteiger partial charge on any atom is 0.280 e. The zero-order chi connectivity index (χ0) is 8.85. The highest BCUT2D eigenvalue weighted by molar-refractivity contribution is 8.15. The Morgan fingerprint density at radius 3 is 2.45 bits per heavy atom. The molecule has 2 N–H and O–H groups in total. The Hall–Kier alpha value is -0.710. The normalized spacial score (nSPS) is 11.8. The van der Waals surface area contributed by atoms with Crippen LogP contribution in [-0.2, 0) is 4.79 Å². The molecular weight excluding hydrogens is 164 g/mol. The van der Waals surface area contributed by atoms with Crippen molar-refractivity contribution in [3.63, 3.8) is 0 Å². The van der Waals surface area contributed by atoms with E-state index in [1.54, 1.807) is 6.26 Å². The maximum absolute atomic E-state index is 11.0. The minimum Gasteiger partial charge on any atom is -0.410 e. The zero-order valence-electron chi connectivity index (χ0n) is 6.79. The first-order chi connectivity index (χ1) is 5.11. The van der Waals surface area contributed by atoms with Crippen molar-refractivity contribution >= 4 is 22.7 Å². The molecule has 11 heavy (non-hydrogen) atoms. The van der Waals surface area contributed by atoms with Crippen LogP contribution in [0.15, 0.2) is 5.16 Å². The average molecular weight is 176 g/mol. The molecule has 0 atom stereocenters. The fraction of sp³-hybridized carbons (Fsp3) is 0.667. The molecule has 0 aliphatic rings. The van der Waals surface area contributed by atoms with E-state index in [-0.39, 0.29) is 17.0 Å². The molecule has 0 aromatic rings. The zero-order valence-corrected chi connectivity index (χ0v) is 7.60. The van der Waals surface area contributed by atoms with Crippen LogP contribution >= 0.6 is 11.8 Å². The summed E-state index contributed by atoms with van der Waals surface area (Å²) in [6.45, 7) is 3.68. The van der Waals surface area contributed by atoms with Gasteiger partial charge in [0.15, 0.2) is 5.04 Å². The summed E-state index contributed by atoms with van der Waals surface area (Å²) < 4.78 is 0. The SMILES string of the molecule is CS/C(=N\O)C(=O)NC(C)C. The molecule has 0 rings (SSSR count). The number of carbonyl (C=O) groups excluding carboxylic acids is 1. The first-order valence-corrected chi connectivity index (χ1v) is 4.41. The molecule has 0 saturated carbocycles. The summed E-state index contributed by atoms with van der Waals surface area (Å²) >= 11 is 1.11. The summed E-state index contributed by atoms with van der Waals surface area (Å²) in [5.41, 5.74) is 0. The van der Waals surface area contributed by atoms with Crippen LogP contribution < -0.4 is 5.32 Å². The van der Waals surface area contributed by atoms with Gasteiger partial charge in [-0.3, -0.25) is 4.79 Å². The average Bonchev–Trinajstić information content (AvgIpc) is 1.88. The van der Waals surface area contributed by atoms with Crippen LogP contribution in [0.5, 0.6) is 0 Å². The smallest absolute Gasteiger partial charge is 0.280 e. The van der Waals surface area contributed by atoms with Crippen molar-refractivity contribution in [2.45, 2.75) is 19.9 Å². The van der Waals surface area contributed by atoms with Gasteiger partial charge in [0.05, 0.1) is 0 Å². The van der Waals surface area contributed by atoms with Gasteiger partial charge in [0.25, 0.3) is 5.91 Å². The number of nitrogens with zero attached hydrogens (tertiary/aromatic N) is 1. The van der Waals surface area contributed by atoms with Gasteiger partial charge < -0.3 is 10.5 Å². The molecule has 0 heterocycles. The summed E-state index contributed by atoms with van der Waals surface area (Å²) in [4.78, 5) is 11.0. The molecule has 64 valence electrons. The van der Waals surface area contributed by atoms with E-state index in [9.17, 15) is 4.79 Å². The molecule has 0 aromatic carbocycles. The number of amides is 1. The molecule has 0 fully saturated rings. The summed E-state index contributed by atoms with van der Waals surface area (Å²) in [6.07, 6.45) is 1.68. The van der Waals surface area contributed by atoms with Gasteiger partial charge in [-0.15, -0.1) is 11.8 Å². The first-order valence-electron chi connectivity index (χ1n) is 3.18. The molecular formula is C6H12N2O2S. The highest BCUT2D eigenvalue weighted by Gasteiger charge is 2.10. The second-order valence-corrected chi connectivity index (χ2v) is 3.03. The van der Waals surface area contributed by atoms with Crippen molar-refractivity contribution in [3.05, 3.63) is 0 Å². The summed E-state index contributed by atoms with van der Waals surface area (Å²) in [5, 5.41) is 13.8. The van der Waals surface area contributed by atoms with E-state index < -0.39 is 0 Å². The van der Waals surface area contributed by atoms with Gasteiger partial charge in [0.1, 0.15) is 0 Å². The van der Waals surface area contributed by atoms with E-state index >= 15 is 0 Å². The van der Waals surface area contributed by atoms with Crippen molar-refractivity contribution in [2.24, 2.45) is 5.16 Å². The Balaban J connectivity index is 4.02. The lowest BCUT2D eigenvalue weighted by Gasteiger charge is -2.06. The standard InChI is InChI=1S/C6H12N2O2S/c1-4(2)7-5(9)6(8-10)11-3/h4,10H,1-3H3,(H,7,9)/b8-6-. The van der Waals surface area contributed by atoms with Gasteiger partial charge in [-0.25, -0.2) is 0 Å². The van der Waals surface area contributed by atoms with Gasteiger partial charge in [0.2, 0.25) is 0 Å². The number of nitrogens with one attached hydrogen (secondary N) is 1. The molecule has 0 spiro atoms. The van der Waals surface area contributed by atoms with Crippen LogP contribution in [0.3, 0.4) is 0 Å². The molecule has 0 aromatic heterocycles. The number of hydrogen-bond donors (Lipinski definition) is 2. The quantitative estimate of drug-likeness (QED) is 0.267. The van der Waals surface area contributed by atoms with Crippen molar-refractivity contribution in [3.8, 4) is 0 Å². The minimum atomic E-state index is -0.338. The lowest BCUT2D eigenvalue weighted by molar-refractivity contribution is -0.115. The van der Waals surface area contributed by atoms with Gasteiger partial charge in [0, 0.05) is 6.04 Å². The fourth-order valence-corrected chi connectivity index (χ4v) is 0.829. The predicted octanol–water partition coefficient (Wildman–Crippen LogP) is 0.662. The highest BCUT2D eigenvalue weighted by Crippen LogP contribution is 1.97. The molecule has 0 aliphatic heterocycles. The molecule has 0 saturated heterocycles. The topological polar surface area (TPSA) is 61.7 Å². The molecule has 0 aliphatic carbocycles. The van der Waals surface area contributed by atoms with E-state index in [1.165, 1.54) is 0 Å². The molecule has 5 heteroatoms. The maximum atomic E-state index is 11.0. The lowest BCUT2D eigenvalue weighted by Crippen LogP contribution is -2.34. The Labute approximate surface area is 70.0 Å². The Morgan fingerprint density at radius 2 is 2.18 bits per heavy atom. The predicted molar refractivity (Wildman–Crippen MR) is 46.0 cm³/mol. The molecule has 4 nitrogen and oxygen atoms in total. The molecule has 0 unspecified atom stereocenters. The van der Waals surface area contributed by atoms with Crippen molar-refractivity contribution < 1.29 is 10.0 Å². The van der Waals surface area contributed by atoms with Crippen molar-refractivity contribution in [2.75, 3.05) is 6.26 Å². The highest BCUT2D eigenvalue weighted by atomic mass is 32.2. The second kappa shape index (κ2) is 5.01. The van der Waals surface area contributed by atoms with Crippen molar-refractivity contribution in [1.29, 1.82) is 0 Å². The first kappa shape index (κ1) is 10.3. The number of carbonyl (C=O) groups is 1. The molecule has 0 radical (unpaired) electrons. The number of hydrogen-bond acceptors (Lipinski definition) is 4. The number of rotatable bonds is 1. The van der Waals surface area contributed by atoms with Crippen molar-refractivity contribution in [1.82, 2.24) is 5.32 Å². The third kappa shape index (κ3) is 3.87. The molecule has 1 amide bonds. The van der Waals surface area contributed by atoms with Gasteiger partial charge in [-0.1, -0.05) is 5.16 Å². The van der Waals surface area contributed by atoms with Crippen LogP contribution in [0.25, 0.3) is 0 Å². The van der Waals surface area contributed by atoms with Crippen LogP contribution in [0.1, 0.15) is 13.8 Å². The van der Waals surface area contributed by atoms with Crippen LogP contribution in [0, 0.1) is 0 Å². The van der Waals surface area contributed by atoms with Crippen LogP contribution in [0.2, 0.25) is 0 Å². The Morgan fingerprint density at radius 1 is 1.64 bits per heavy atom. The van der Waals surface area contributed by atoms with E-state index in [2.05, 4.69) is 10.5 Å². The van der Waals surface area contributed by atoms with Crippen LogP contribution in [0.4, 0.5) is 0 Å².